The van der Waals surface area contributed by atoms with Crippen LogP contribution in [-0.4, -0.2) is 22.1 Å². The van der Waals surface area contributed by atoms with Crippen LogP contribution in [0.25, 0.3) is 0 Å². The van der Waals surface area contributed by atoms with Crippen molar-refractivity contribution >= 4 is 17.3 Å². The van der Waals surface area contributed by atoms with Crippen molar-refractivity contribution in [1.82, 2.24) is 4.98 Å². The van der Waals surface area contributed by atoms with Crippen molar-refractivity contribution in [2.24, 2.45) is 11.7 Å². The second-order valence-electron chi connectivity index (χ2n) is 5.80. The molecule has 0 saturated heterocycles. The molecule has 0 saturated carbocycles. The number of hydrogen-bond donors (Lipinski definition) is 2. The lowest BCUT2D eigenvalue weighted by molar-refractivity contribution is 0.0262. The first-order valence-corrected chi connectivity index (χ1v) is 8.45. The van der Waals surface area contributed by atoms with Gasteiger partial charge in [-0.3, -0.25) is 0 Å². The van der Waals surface area contributed by atoms with Crippen LogP contribution in [0.5, 0.6) is 0 Å². The number of aromatic carboxylic acids is 1. The van der Waals surface area contributed by atoms with E-state index in [0.29, 0.717) is 24.0 Å². The van der Waals surface area contributed by atoms with Gasteiger partial charge in [0.2, 0.25) is 0 Å². The molecule has 0 spiro atoms. The summed E-state index contributed by atoms with van der Waals surface area (Å²) >= 11 is 1.30. The molecule has 0 fully saturated rings. The van der Waals surface area contributed by atoms with E-state index >= 15 is 0 Å². The fourth-order valence-electron chi connectivity index (χ4n) is 2.06. The maximum absolute atomic E-state index is 11.0. The molecule has 0 aliphatic heterocycles. The van der Waals surface area contributed by atoms with Gasteiger partial charge < -0.3 is 15.6 Å². The summed E-state index contributed by atoms with van der Waals surface area (Å²) in [5.74, 6) is -0.709. The zero-order valence-corrected chi connectivity index (χ0v) is 14.1. The molecule has 1 heterocycles. The smallest absolute Gasteiger partial charge is 0.355 e. The highest BCUT2D eigenvalue weighted by molar-refractivity contribution is 7.09. The molecule has 2 rings (SSSR count). The van der Waals surface area contributed by atoms with E-state index in [1.165, 1.54) is 16.7 Å². The van der Waals surface area contributed by atoms with Gasteiger partial charge in [-0.1, -0.05) is 44.2 Å². The van der Waals surface area contributed by atoms with Gasteiger partial charge in [-0.2, -0.15) is 0 Å². The predicted octanol–water partition coefficient (Wildman–Crippen LogP) is 3.47. The van der Waals surface area contributed by atoms with Gasteiger partial charge in [0.25, 0.3) is 0 Å². The van der Waals surface area contributed by atoms with Crippen molar-refractivity contribution in [1.29, 1.82) is 0 Å². The van der Waals surface area contributed by atoms with E-state index in [2.05, 4.69) is 18.8 Å². The van der Waals surface area contributed by atoms with Crippen LogP contribution in [0.4, 0.5) is 0 Å². The predicted molar refractivity (Wildman–Crippen MR) is 90.5 cm³/mol. The van der Waals surface area contributed by atoms with Gasteiger partial charge in [0.1, 0.15) is 11.1 Å². The van der Waals surface area contributed by atoms with Crippen LogP contribution in [0.15, 0.2) is 35.7 Å². The summed E-state index contributed by atoms with van der Waals surface area (Å²) in [6.07, 6.45) is 0.308. The number of nitrogens with two attached hydrogens (primary N) is 1. The minimum atomic E-state index is -1.03. The Kier molecular flexibility index (Phi) is 6.27. The third kappa shape index (κ3) is 5.13. The molecule has 124 valence electrons. The van der Waals surface area contributed by atoms with Gasteiger partial charge >= 0.3 is 5.97 Å². The van der Waals surface area contributed by atoms with Crippen molar-refractivity contribution in [2.45, 2.75) is 39.0 Å². The van der Waals surface area contributed by atoms with Gasteiger partial charge in [-0.05, 0) is 17.9 Å². The molecular weight excluding hydrogens is 312 g/mol. The molecule has 1 aromatic carbocycles. The zero-order valence-electron chi connectivity index (χ0n) is 13.3. The number of ether oxygens (including phenoxy) is 1. The number of carbonyl (C=O) groups is 1. The largest absolute Gasteiger partial charge is 0.476 e. The monoisotopic (exact) mass is 334 g/mol. The van der Waals surface area contributed by atoms with Crippen LogP contribution in [0.2, 0.25) is 0 Å². The maximum atomic E-state index is 11.0. The molecule has 0 bridgehead atoms. The Morgan fingerprint density at radius 1 is 1.35 bits per heavy atom. The van der Waals surface area contributed by atoms with Crippen LogP contribution in [0, 0.1) is 5.92 Å². The molecule has 5 nitrogen and oxygen atoms in total. The Labute approximate surface area is 140 Å². The topological polar surface area (TPSA) is 85.4 Å². The van der Waals surface area contributed by atoms with E-state index < -0.39 is 5.97 Å². The first kappa shape index (κ1) is 17.6. The van der Waals surface area contributed by atoms with Crippen molar-refractivity contribution in [3.63, 3.8) is 0 Å². The lowest BCUT2D eigenvalue weighted by Gasteiger charge is -2.22. The number of hydrogen-bond acceptors (Lipinski definition) is 5. The molecule has 0 radical (unpaired) electrons. The van der Waals surface area contributed by atoms with Gasteiger partial charge in [0.15, 0.2) is 5.69 Å². The van der Waals surface area contributed by atoms with E-state index in [9.17, 15) is 4.79 Å². The molecular formula is C17H22N2O3S. The van der Waals surface area contributed by atoms with E-state index in [4.69, 9.17) is 15.6 Å². The van der Waals surface area contributed by atoms with Crippen LogP contribution in [0.3, 0.4) is 0 Å². The third-order valence-corrected chi connectivity index (χ3v) is 4.59. The Morgan fingerprint density at radius 3 is 2.61 bits per heavy atom. The number of thiazole rings is 1. The van der Waals surface area contributed by atoms with Crippen LogP contribution in [-0.2, 0) is 11.3 Å². The second-order valence-corrected chi connectivity index (χ2v) is 6.69. The number of carboxylic acid groups (broad SMARTS) is 1. The molecule has 23 heavy (non-hydrogen) atoms. The van der Waals surface area contributed by atoms with Crippen LogP contribution < -0.4 is 5.73 Å². The molecule has 0 aliphatic rings. The molecule has 1 aromatic heterocycles. The van der Waals surface area contributed by atoms with Gasteiger partial charge in [0, 0.05) is 11.4 Å². The third-order valence-electron chi connectivity index (χ3n) is 3.65. The SMILES string of the molecule is CC(C)[C@H](N)C[C@@H](OCc1ccccc1)c1nc(C(=O)O)cs1. The highest BCUT2D eigenvalue weighted by Crippen LogP contribution is 2.28. The number of carboxylic acids is 1. The number of rotatable bonds is 8. The quantitative estimate of drug-likeness (QED) is 0.772. The van der Waals surface area contributed by atoms with E-state index in [0.717, 1.165) is 5.56 Å². The molecule has 2 aromatic rings. The second kappa shape index (κ2) is 8.19. The summed E-state index contributed by atoms with van der Waals surface area (Å²) in [4.78, 5) is 15.2. The van der Waals surface area contributed by atoms with Crippen LogP contribution in [0.1, 0.15) is 47.4 Å². The maximum Gasteiger partial charge on any atom is 0.355 e. The fraction of sp³-hybridized carbons (Fsp3) is 0.412. The van der Waals surface area contributed by atoms with Crippen molar-refractivity contribution in [3.8, 4) is 0 Å². The average molecular weight is 334 g/mol. The summed E-state index contributed by atoms with van der Waals surface area (Å²) in [6, 6.07) is 9.82. The fourth-order valence-corrected chi connectivity index (χ4v) is 2.92. The van der Waals surface area contributed by atoms with Gasteiger partial charge in [0.05, 0.1) is 6.61 Å². The lowest BCUT2D eigenvalue weighted by atomic mass is 9.99. The van der Waals surface area contributed by atoms with E-state index in [1.54, 1.807) is 0 Å². The Morgan fingerprint density at radius 2 is 2.04 bits per heavy atom. The molecule has 6 heteroatoms. The molecule has 0 unspecified atom stereocenters. The summed E-state index contributed by atoms with van der Waals surface area (Å²) < 4.78 is 6.00. The molecule has 3 N–H and O–H groups in total. The number of aromatic nitrogens is 1. The summed E-state index contributed by atoms with van der Waals surface area (Å²) in [5, 5.41) is 11.2. The Bertz CT molecular complexity index is 628. The van der Waals surface area contributed by atoms with Gasteiger partial charge in [-0.15, -0.1) is 11.3 Å². The first-order chi connectivity index (χ1) is 11.0. The minimum Gasteiger partial charge on any atom is -0.476 e. The average Bonchev–Trinajstić information content (AvgIpc) is 3.02. The van der Waals surface area contributed by atoms with E-state index in [1.807, 2.05) is 30.3 Å². The number of nitrogens with zero attached hydrogens (tertiary/aromatic N) is 1. The van der Waals surface area contributed by atoms with Crippen molar-refractivity contribution in [2.75, 3.05) is 0 Å². The van der Waals surface area contributed by atoms with Crippen molar-refractivity contribution < 1.29 is 14.6 Å². The minimum absolute atomic E-state index is 0.0343. The molecule has 2 atom stereocenters. The Balaban J connectivity index is 2.11. The lowest BCUT2D eigenvalue weighted by Crippen LogP contribution is -2.29. The first-order valence-electron chi connectivity index (χ1n) is 7.57. The molecule has 0 amide bonds. The van der Waals surface area contributed by atoms with Crippen LogP contribution >= 0.6 is 11.3 Å². The highest BCUT2D eigenvalue weighted by Gasteiger charge is 2.22. The molecule has 0 aliphatic carbocycles. The normalized spacial score (nSPS) is 13.9. The number of benzene rings is 1. The van der Waals surface area contributed by atoms with E-state index in [-0.39, 0.29) is 17.8 Å². The zero-order chi connectivity index (χ0) is 16.8. The van der Waals surface area contributed by atoms with Crippen molar-refractivity contribution in [3.05, 3.63) is 52.0 Å². The summed E-state index contributed by atoms with van der Waals surface area (Å²) in [6.45, 7) is 4.56. The standard InChI is InChI=1S/C17H22N2O3S/c1-11(2)13(18)8-15(16-19-14(10-23-16)17(20)21)22-9-12-6-4-3-5-7-12/h3-7,10-11,13,15H,8-9,18H2,1-2H3,(H,20,21)/t13-,15-/m1/s1. The summed E-state index contributed by atoms with van der Waals surface area (Å²) in [5.41, 5.74) is 7.28. The summed E-state index contributed by atoms with van der Waals surface area (Å²) in [7, 11) is 0. The van der Waals surface area contributed by atoms with Gasteiger partial charge in [-0.25, -0.2) is 9.78 Å². The highest BCUT2D eigenvalue weighted by atomic mass is 32.1. The Hall–Kier alpha value is -1.76.